The molecule has 0 spiro atoms. The van der Waals surface area contributed by atoms with Crippen LogP contribution in [0.2, 0.25) is 0 Å². The Hall–Kier alpha value is -1.55. The summed E-state index contributed by atoms with van der Waals surface area (Å²) in [4.78, 5) is 12.0. The summed E-state index contributed by atoms with van der Waals surface area (Å²) in [6, 6.07) is 8.18. The lowest BCUT2D eigenvalue weighted by atomic mass is 9.99. The van der Waals surface area contributed by atoms with Gasteiger partial charge in [-0.15, -0.1) is 0 Å². The van der Waals surface area contributed by atoms with Crippen molar-refractivity contribution in [3.8, 4) is 5.75 Å². The number of hydrogen-bond acceptors (Lipinski definition) is 3. The number of carbonyl (C=O) groups is 1. The average Bonchev–Trinajstić information content (AvgIpc) is 2.57. The van der Waals surface area contributed by atoms with Crippen molar-refractivity contribution >= 4 is 5.91 Å². The summed E-state index contributed by atoms with van der Waals surface area (Å²) in [7, 11) is 0. The molecule has 0 radical (unpaired) electrons. The second-order valence-corrected chi connectivity index (χ2v) is 5.93. The van der Waals surface area contributed by atoms with Crippen LogP contribution in [0.5, 0.6) is 5.75 Å². The molecule has 1 aliphatic rings. The number of unbranched alkanes of at least 4 members (excludes halogenated alkanes) is 1. The van der Waals surface area contributed by atoms with Gasteiger partial charge in [-0.25, -0.2) is 0 Å². The summed E-state index contributed by atoms with van der Waals surface area (Å²) in [6.07, 6.45) is 5.19. The van der Waals surface area contributed by atoms with E-state index < -0.39 is 0 Å². The van der Waals surface area contributed by atoms with Gasteiger partial charge in [-0.2, -0.15) is 0 Å². The van der Waals surface area contributed by atoms with Crippen LogP contribution in [-0.4, -0.2) is 32.1 Å². The van der Waals surface area contributed by atoms with Gasteiger partial charge >= 0.3 is 0 Å². The first kappa shape index (κ1) is 16.8. The van der Waals surface area contributed by atoms with Crippen LogP contribution < -0.4 is 15.4 Å². The smallest absolute Gasteiger partial charge is 0.224 e. The minimum atomic E-state index is 0.142. The number of hydrogen-bond donors (Lipinski definition) is 2. The molecule has 2 N–H and O–H groups in total. The minimum absolute atomic E-state index is 0.142. The van der Waals surface area contributed by atoms with Crippen LogP contribution in [0.4, 0.5) is 0 Å². The summed E-state index contributed by atoms with van der Waals surface area (Å²) < 4.78 is 5.65. The summed E-state index contributed by atoms with van der Waals surface area (Å²) in [5.74, 6) is 1.25. The van der Waals surface area contributed by atoms with E-state index in [1.54, 1.807) is 0 Å². The molecule has 0 aliphatic carbocycles. The Morgan fingerprint density at radius 2 is 2.18 bits per heavy atom. The first-order valence-electron chi connectivity index (χ1n) is 8.49. The number of piperidine rings is 1. The van der Waals surface area contributed by atoms with E-state index in [-0.39, 0.29) is 11.8 Å². The SMILES string of the molecule is CCCCOc1ccc(CCNC(=O)C2CCCNC2)cc1. The highest BCUT2D eigenvalue weighted by Gasteiger charge is 2.19. The fourth-order valence-corrected chi connectivity index (χ4v) is 2.64. The largest absolute Gasteiger partial charge is 0.494 e. The zero-order valence-corrected chi connectivity index (χ0v) is 13.6. The molecule has 1 heterocycles. The van der Waals surface area contributed by atoms with Crippen molar-refractivity contribution in [2.45, 2.75) is 39.0 Å². The molecular weight excluding hydrogens is 276 g/mol. The van der Waals surface area contributed by atoms with E-state index in [9.17, 15) is 4.79 Å². The Labute approximate surface area is 133 Å². The first-order chi connectivity index (χ1) is 10.8. The van der Waals surface area contributed by atoms with Gasteiger partial charge in [0.25, 0.3) is 0 Å². The molecule has 22 heavy (non-hydrogen) atoms. The molecule has 1 saturated heterocycles. The van der Waals surface area contributed by atoms with Crippen molar-refractivity contribution in [2.75, 3.05) is 26.2 Å². The van der Waals surface area contributed by atoms with Crippen molar-refractivity contribution in [3.63, 3.8) is 0 Å². The van der Waals surface area contributed by atoms with Gasteiger partial charge in [0, 0.05) is 13.1 Å². The van der Waals surface area contributed by atoms with Crippen LogP contribution in [0.25, 0.3) is 0 Å². The molecule has 4 heteroatoms. The van der Waals surface area contributed by atoms with Crippen LogP contribution in [0.15, 0.2) is 24.3 Å². The van der Waals surface area contributed by atoms with Gasteiger partial charge in [0.15, 0.2) is 0 Å². The van der Waals surface area contributed by atoms with Gasteiger partial charge in [0.1, 0.15) is 5.75 Å². The summed E-state index contributed by atoms with van der Waals surface area (Å²) >= 11 is 0. The van der Waals surface area contributed by atoms with E-state index in [0.717, 1.165) is 57.6 Å². The zero-order valence-electron chi connectivity index (χ0n) is 13.6. The Balaban J connectivity index is 1.66. The highest BCUT2D eigenvalue weighted by atomic mass is 16.5. The maximum absolute atomic E-state index is 12.0. The van der Waals surface area contributed by atoms with Crippen LogP contribution in [-0.2, 0) is 11.2 Å². The maximum Gasteiger partial charge on any atom is 0.224 e. The summed E-state index contributed by atoms with van der Waals surface area (Å²) in [6.45, 7) is 5.49. The Bertz CT molecular complexity index is 439. The molecule has 0 saturated carbocycles. The maximum atomic E-state index is 12.0. The first-order valence-corrected chi connectivity index (χ1v) is 8.49. The number of carbonyl (C=O) groups excluding carboxylic acids is 1. The molecule has 1 fully saturated rings. The van der Waals surface area contributed by atoms with E-state index >= 15 is 0 Å². The highest BCUT2D eigenvalue weighted by Crippen LogP contribution is 2.13. The van der Waals surface area contributed by atoms with Gasteiger partial charge in [0.2, 0.25) is 5.91 Å². The number of amides is 1. The fourth-order valence-electron chi connectivity index (χ4n) is 2.64. The standard InChI is InChI=1S/C18H28N2O2/c1-2-3-13-22-17-8-6-15(7-9-17)10-12-20-18(21)16-5-4-11-19-14-16/h6-9,16,19H,2-5,10-14H2,1H3,(H,20,21). The van der Waals surface area contributed by atoms with E-state index in [4.69, 9.17) is 4.74 Å². The van der Waals surface area contributed by atoms with Crippen molar-refractivity contribution in [1.82, 2.24) is 10.6 Å². The molecule has 0 aromatic heterocycles. The molecule has 1 aromatic carbocycles. The fraction of sp³-hybridized carbons (Fsp3) is 0.611. The monoisotopic (exact) mass is 304 g/mol. The molecule has 1 amide bonds. The topological polar surface area (TPSA) is 50.4 Å². The van der Waals surface area contributed by atoms with Crippen molar-refractivity contribution < 1.29 is 9.53 Å². The Morgan fingerprint density at radius 3 is 2.86 bits per heavy atom. The van der Waals surface area contributed by atoms with Gasteiger partial charge in [-0.1, -0.05) is 25.5 Å². The Kier molecular flexibility index (Phi) is 7.23. The second kappa shape index (κ2) is 9.46. The predicted octanol–water partition coefficient (Wildman–Crippen LogP) is 2.52. The molecule has 1 unspecified atom stereocenters. The van der Waals surface area contributed by atoms with Crippen LogP contribution in [0, 0.1) is 5.92 Å². The van der Waals surface area contributed by atoms with Crippen molar-refractivity contribution in [3.05, 3.63) is 29.8 Å². The third kappa shape index (κ3) is 5.68. The number of ether oxygens (including phenoxy) is 1. The lowest BCUT2D eigenvalue weighted by Gasteiger charge is -2.21. The summed E-state index contributed by atoms with van der Waals surface area (Å²) in [5, 5.41) is 6.32. The van der Waals surface area contributed by atoms with Crippen LogP contribution in [0.3, 0.4) is 0 Å². The lowest BCUT2D eigenvalue weighted by molar-refractivity contribution is -0.125. The van der Waals surface area contributed by atoms with Gasteiger partial charge in [0.05, 0.1) is 12.5 Å². The van der Waals surface area contributed by atoms with Gasteiger partial charge in [-0.3, -0.25) is 4.79 Å². The molecule has 4 nitrogen and oxygen atoms in total. The highest BCUT2D eigenvalue weighted by molar-refractivity contribution is 5.78. The third-order valence-corrected chi connectivity index (χ3v) is 4.07. The molecule has 0 bridgehead atoms. The van der Waals surface area contributed by atoms with Gasteiger partial charge < -0.3 is 15.4 Å². The van der Waals surface area contributed by atoms with E-state index in [0.29, 0.717) is 6.54 Å². The minimum Gasteiger partial charge on any atom is -0.494 e. The molecular formula is C18H28N2O2. The summed E-state index contributed by atoms with van der Waals surface area (Å²) in [5.41, 5.74) is 1.23. The lowest BCUT2D eigenvalue weighted by Crippen LogP contribution is -2.41. The van der Waals surface area contributed by atoms with E-state index in [1.807, 2.05) is 12.1 Å². The van der Waals surface area contributed by atoms with Crippen molar-refractivity contribution in [2.24, 2.45) is 5.92 Å². The third-order valence-electron chi connectivity index (χ3n) is 4.07. The molecule has 2 rings (SSSR count). The molecule has 122 valence electrons. The van der Waals surface area contributed by atoms with E-state index in [1.165, 1.54) is 5.56 Å². The number of benzene rings is 1. The van der Waals surface area contributed by atoms with E-state index in [2.05, 4.69) is 29.7 Å². The van der Waals surface area contributed by atoms with Crippen molar-refractivity contribution in [1.29, 1.82) is 0 Å². The second-order valence-electron chi connectivity index (χ2n) is 5.93. The molecule has 1 atom stereocenters. The average molecular weight is 304 g/mol. The van der Waals surface area contributed by atoms with Crippen LogP contribution >= 0.6 is 0 Å². The van der Waals surface area contributed by atoms with Gasteiger partial charge in [-0.05, 0) is 49.9 Å². The number of nitrogens with one attached hydrogen (secondary N) is 2. The zero-order chi connectivity index (χ0) is 15.6. The normalized spacial score (nSPS) is 18.0. The molecule has 1 aliphatic heterocycles. The quantitative estimate of drug-likeness (QED) is 0.726. The molecule has 1 aromatic rings. The number of rotatable bonds is 8. The van der Waals surface area contributed by atoms with Crippen LogP contribution in [0.1, 0.15) is 38.2 Å². The Morgan fingerprint density at radius 1 is 1.36 bits per heavy atom. The predicted molar refractivity (Wildman–Crippen MR) is 89.2 cm³/mol.